The number of fused-ring (bicyclic) bond motifs is 1. The molecule has 1 aromatic carbocycles. The van der Waals surface area contributed by atoms with Crippen LogP contribution in [0.2, 0.25) is 0 Å². The van der Waals surface area contributed by atoms with Gasteiger partial charge in [0.15, 0.2) is 11.5 Å². The Morgan fingerprint density at radius 2 is 2.06 bits per heavy atom. The summed E-state index contributed by atoms with van der Waals surface area (Å²) >= 11 is 1.16. The lowest BCUT2D eigenvalue weighted by Crippen LogP contribution is -1.93. The van der Waals surface area contributed by atoms with Crippen molar-refractivity contribution in [2.45, 2.75) is 6.92 Å². The Balaban J connectivity index is 2.18. The number of thiazole rings is 1. The van der Waals surface area contributed by atoms with Gasteiger partial charge in [-0.3, -0.25) is 4.79 Å². The molecule has 0 radical (unpaired) electrons. The third-order valence-electron chi connectivity index (χ3n) is 2.53. The zero-order valence-corrected chi connectivity index (χ0v) is 9.39. The summed E-state index contributed by atoms with van der Waals surface area (Å²) in [6.45, 7) is 2.24. The van der Waals surface area contributed by atoms with Gasteiger partial charge in [-0.1, -0.05) is 11.3 Å². The highest BCUT2D eigenvalue weighted by molar-refractivity contribution is 7.07. The monoisotopic (exact) mass is 235 g/mol. The van der Waals surface area contributed by atoms with Gasteiger partial charge < -0.3 is 14.5 Å². The minimum atomic E-state index is -0.0490. The van der Waals surface area contributed by atoms with Gasteiger partial charge in [0.05, 0.1) is 5.69 Å². The largest absolute Gasteiger partial charge is 0.454 e. The summed E-state index contributed by atoms with van der Waals surface area (Å²) in [5.41, 5.74) is 2.85. The quantitative estimate of drug-likeness (QED) is 0.823. The lowest BCUT2D eigenvalue weighted by Gasteiger charge is -2.04. The normalized spacial score (nSPS) is 13.1. The zero-order valence-electron chi connectivity index (χ0n) is 8.57. The molecule has 1 aromatic heterocycles. The minimum Gasteiger partial charge on any atom is -0.454 e. The second-order valence-electron chi connectivity index (χ2n) is 3.58. The van der Waals surface area contributed by atoms with E-state index in [1.54, 1.807) is 0 Å². The number of ether oxygens (including phenoxy) is 2. The van der Waals surface area contributed by atoms with Crippen molar-refractivity contribution in [2.24, 2.45) is 0 Å². The Labute approximate surface area is 95.5 Å². The maximum absolute atomic E-state index is 11.1. The van der Waals surface area contributed by atoms with Gasteiger partial charge in [-0.25, -0.2) is 0 Å². The molecular formula is C11H9NO3S. The van der Waals surface area contributed by atoms with Crippen LogP contribution in [0.25, 0.3) is 11.3 Å². The van der Waals surface area contributed by atoms with E-state index in [-0.39, 0.29) is 11.7 Å². The first-order chi connectivity index (χ1) is 7.74. The van der Waals surface area contributed by atoms with Gasteiger partial charge in [-0.2, -0.15) is 0 Å². The van der Waals surface area contributed by atoms with E-state index in [4.69, 9.17) is 9.47 Å². The number of rotatable bonds is 1. The van der Waals surface area contributed by atoms with Crippen molar-refractivity contribution in [1.29, 1.82) is 0 Å². The molecule has 0 unspecified atom stereocenters. The fraction of sp³-hybridized carbons (Fsp3) is 0.182. The Kier molecular flexibility index (Phi) is 2.00. The number of hydrogen-bond acceptors (Lipinski definition) is 4. The summed E-state index contributed by atoms with van der Waals surface area (Å²) in [7, 11) is 0. The van der Waals surface area contributed by atoms with E-state index < -0.39 is 0 Å². The molecule has 0 bridgehead atoms. The molecule has 2 heterocycles. The van der Waals surface area contributed by atoms with Crippen molar-refractivity contribution in [1.82, 2.24) is 4.98 Å². The molecule has 2 aromatic rings. The number of aryl methyl sites for hydroxylation is 1. The third kappa shape index (κ3) is 1.40. The summed E-state index contributed by atoms with van der Waals surface area (Å²) in [5, 5.41) is 1.81. The molecular weight excluding hydrogens is 226 g/mol. The molecule has 0 saturated heterocycles. The molecule has 1 N–H and O–H groups in total. The van der Waals surface area contributed by atoms with Crippen LogP contribution in [0.1, 0.15) is 5.56 Å². The number of nitrogens with one attached hydrogen (secondary N) is 1. The number of aromatic nitrogens is 1. The molecule has 5 heteroatoms. The van der Waals surface area contributed by atoms with E-state index in [2.05, 4.69) is 4.98 Å². The Hall–Kier alpha value is -1.75. The van der Waals surface area contributed by atoms with Crippen molar-refractivity contribution in [3.05, 3.63) is 32.7 Å². The van der Waals surface area contributed by atoms with Crippen LogP contribution in [0.4, 0.5) is 0 Å². The molecule has 1 aliphatic rings. The second-order valence-corrected chi connectivity index (χ2v) is 4.42. The maximum atomic E-state index is 11.1. The van der Waals surface area contributed by atoms with Gasteiger partial charge in [0.1, 0.15) is 0 Å². The van der Waals surface area contributed by atoms with Gasteiger partial charge in [0.25, 0.3) is 0 Å². The average Bonchev–Trinajstić information content (AvgIpc) is 2.84. The third-order valence-corrected chi connectivity index (χ3v) is 3.20. The van der Waals surface area contributed by atoms with E-state index in [1.165, 1.54) is 0 Å². The molecule has 82 valence electrons. The van der Waals surface area contributed by atoms with Crippen molar-refractivity contribution in [3.8, 4) is 22.8 Å². The number of H-pyrrole nitrogens is 1. The van der Waals surface area contributed by atoms with Crippen molar-refractivity contribution >= 4 is 11.3 Å². The van der Waals surface area contributed by atoms with Gasteiger partial charge >= 0.3 is 4.87 Å². The number of benzene rings is 1. The SMILES string of the molecule is Cc1cc2c(cc1-c1csc(=O)[nH]1)OCO2. The molecule has 3 rings (SSSR count). The highest BCUT2D eigenvalue weighted by Gasteiger charge is 2.16. The molecule has 0 spiro atoms. The smallest absolute Gasteiger partial charge is 0.304 e. The Morgan fingerprint density at radius 1 is 1.31 bits per heavy atom. The molecule has 4 nitrogen and oxygen atoms in total. The number of aromatic amines is 1. The molecule has 0 amide bonds. The van der Waals surface area contributed by atoms with E-state index >= 15 is 0 Å². The molecule has 1 aliphatic heterocycles. The van der Waals surface area contributed by atoms with Crippen LogP contribution >= 0.6 is 11.3 Å². The zero-order chi connectivity index (χ0) is 11.1. The lowest BCUT2D eigenvalue weighted by molar-refractivity contribution is 0.174. The summed E-state index contributed by atoms with van der Waals surface area (Å²) in [6, 6.07) is 3.82. The van der Waals surface area contributed by atoms with E-state index in [1.807, 2.05) is 24.4 Å². The van der Waals surface area contributed by atoms with Crippen LogP contribution in [0.15, 0.2) is 22.3 Å². The minimum absolute atomic E-state index is 0.0490. The standard InChI is InChI=1S/C11H9NO3S/c1-6-2-9-10(15-5-14-9)3-7(6)8-4-16-11(13)12-8/h2-4H,5H2,1H3,(H,12,13). The predicted octanol–water partition coefficient (Wildman–Crippen LogP) is 2.14. The van der Waals surface area contributed by atoms with Crippen molar-refractivity contribution in [2.75, 3.05) is 6.79 Å². The summed E-state index contributed by atoms with van der Waals surface area (Å²) in [4.78, 5) is 13.9. The van der Waals surface area contributed by atoms with Crippen LogP contribution in [-0.2, 0) is 0 Å². The fourth-order valence-corrected chi connectivity index (χ4v) is 2.33. The van der Waals surface area contributed by atoms with Crippen LogP contribution in [-0.4, -0.2) is 11.8 Å². The first-order valence-corrected chi connectivity index (χ1v) is 5.70. The molecule has 0 atom stereocenters. The van der Waals surface area contributed by atoms with Gasteiger partial charge in [0, 0.05) is 10.9 Å². The average molecular weight is 235 g/mol. The highest BCUT2D eigenvalue weighted by atomic mass is 32.1. The maximum Gasteiger partial charge on any atom is 0.304 e. The summed E-state index contributed by atoms with van der Waals surface area (Å²) in [5.74, 6) is 1.49. The highest BCUT2D eigenvalue weighted by Crippen LogP contribution is 2.37. The van der Waals surface area contributed by atoms with Crippen molar-refractivity contribution < 1.29 is 9.47 Å². The number of hydrogen-bond donors (Lipinski definition) is 1. The van der Waals surface area contributed by atoms with Crippen molar-refractivity contribution in [3.63, 3.8) is 0 Å². The summed E-state index contributed by atoms with van der Waals surface area (Å²) < 4.78 is 10.6. The van der Waals surface area contributed by atoms with Crippen LogP contribution < -0.4 is 14.3 Å². The molecule has 16 heavy (non-hydrogen) atoms. The molecule has 0 saturated carbocycles. The Morgan fingerprint density at radius 3 is 2.75 bits per heavy atom. The first-order valence-electron chi connectivity index (χ1n) is 4.82. The fourth-order valence-electron chi connectivity index (χ4n) is 1.75. The van der Waals surface area contributed by atoms with E-state index in [0.717, 1.165) is 39.7 Å². The van der Waals surface area contributed by atoms with E-state index in [9.17, 15) is 4.79 Å². The van der Waals surface area contributed by atoms with E-state index in [0.29, 0.717) is 0 Å². The van der Waals surface area contributed by atoms with Crippen LogP contribution in [0, 0.1) is 6.92 Å². The second kappa shape index (κ2) is 3.38. The summed E-state index contributed by atoms with van der Waals surface area (Å²) in [6.07, 6.45) is 0. The predicted molar refractivity (Wildman–Crippen MR) is 61.2 cm³/mol. The molecule has 0 aliphatic carbocycles. The molecule has 0 fully saturated rings. The van der Waals surface area contributed by atoms with Crippen LogP contribution in [0.3, 0.4) is 0 Å². The van der Waals surface area contributed by atoms with Crippen LogP contribution in [0.5, 0.6) is 11.5 Å². The van der Waals surface area contributed by atoms with Gasteiger partial charge in [-0.05, 0) is 24.6 Å². The topological polar surface area (TPSA) is 51.3 Å². The Bertz CT molecular complexity index is 600. The lowest BCUT2D eigenvalue weighted by atomic mass is 10.1. The first kappa shape index (κ1) is 9.47. The van der Waals surface area contributed by atoms with Gasteiger partial charge in [0.2, 0.25) is 6.79 Å². The van der Waals surface area contributed by atoms with Gasteiger partial charge in [-0.15, -0.1) is 0 Å².